The van der Waals surface area contributed by atoms with E-state index in [0.29, 0.717) is 6.07 Å². The van der Waals surface area contributed by atoms with E-state index in [1.165, 1.54) is 0 Å². The fourth-order valence-corrected chi connectivity index (χ4v) is 1.21. The van der Waals surface area contributed by atoms with Gasteiger partial charge in [0.1, 0.15) is 5.56 Å². The number of halogens is 2. The maximum atomic E-state index is 12.6. The molecule has 18 heavy (non-hydrogen) atoms. The Morgan fingerprint density at radius 2 is 2.11 bits per heavy atom. The van der Waals surface area contributed by atoms with E-state index in [9.17, 15) is 23.7 Å². The van der Waals surface area contributed by atoms with E-state index >= 15 is 0 Å². The molecule has 0 bridgehead atoms. The van der Waals surface area contributed by atoms with Gasteiger partial charge in [-0.2, -0.15) is 0 Å². The van der Waals surface area contributed by atoms with Crippen molar-refractivity contribution in [3.8, 4) is 5.75 Å². The molecule has 1 aromatic heterocycles. The number of esters is 1. The van der Waals surface area contributed by atoms with Crippen LogP contribution < -0.4 is 4.74 Å². The Morgan fingerprint density at radius 3 is 2.50 bits per heavy atom. The van der Waals surface area contributed by atoms with Crippen LogP contribution in [0, 0.1) is 10.1 Å². The molecule has 0 atom stereocenters. The summed E-state index contributed by atoms with van der Waals surface area (Å²) in [4.78, 5) is 24.0. The van der Waals surface area contributed by atoms with Gasteiger partial charge in [0.15, 0.2) is 5.75 Å². The second-order valence-electron chi connectivity index (χ2n) is 3.00. The Kier molecular flexibility index (Phi) is 4.08. The first-order chi connectivity index (χ1) is 8.42. The number of pyridine rings is 1. The highest BCUT2D eigenvalue weighted by Gasteiger charge is 2.31. The molecule has 98 valence electrons. The minimum Gasteiger partial charge on any atom is -0.492 e. The molecule has 0 saturated heterocycles. The fraction of sp³-hybridized carbons (Fsp3) is 0.333. The van der Waals surface area contributed by atoms with Crippen LogP contribution in [0.3, 0.4) is 0 Å². The smallest absolute Gasteiger partial charge is 0.386 e. The number of rotatable bonds is 4. The summed E-state index contributed by atoms with van der Waals surface area (Å²) in [5.41, 5.74) is -1.46. The van der Waals surface area contributed by atoms with Crippen molar-refractivity contribution < 1.29 is 28.0 Å². The highest BCUT2D eigenvalue weighted by Crippen LogP contribution is 2.32. The second kappa shape index (κ2) is 5.34. The van der Waals surface area contributed by atoms with Crippen molar-refractivity contribution in [2.45, 2.75) is 6.43 Å². The summed E-state index contributed by atoms with van der Waals surface area (Å²) in [6.07, 6.45) is -3.11. The Hall–Kier alpha value is -2.32. The quantitative estimate of drug-likeness (QED) is 0.466. The Labute approximate surface area is 99.5 Å². The monoisotopic (exact) mass is 262 g/mol. The maximum absolute atomic E-state index is 12.6. The first kappa shape index (κ1) is 13.7. The average Bonchev–Trinajstić information content (AvgIpc) is 2.35. The van der Waals surface area contributed by atoms with Gasteiger partial charge in [-0.1, -0.05) is 0 Å². The summed E-state index contributed by atoms with van der Waals surface area (Å²) >= 11 is 0. The molecule has 0 aromatic carbocycles. The predicted molar refractivity (Wildman–Crippen MR) is 53.7 cm³/mol. The summed E-state index contributed by atoms with van der Waals surface area (Å²) < 4.78 is 34.2. The van der Waals surface area contributed by atoms with Crippen LogP contribution in [0.25, 0.3) is 0 Å². The summed E-state index contributed by atoms with van der Waals surface area (Å²) in [6.45, 7) is 0. The van der Waals surface area contributed by atoms with Crippen LogP contribution in [0.15, 0.2) is 6.07 Å². The zero-order valence-electron chi connectivity index (χ0n) is 9.35. The van der Waals surface area contributed by atoms with Gasteiger partial charge in [-0.3, -0.25) is 0 Å². The minimum absolute atomic E-state index is 0.317. The first-order valence-electron chi connectivity index (χ1n) is 4.52. The third-order valence-corrected chi connectivity index (χ3v) is 2.00. The number of alkyl halides is 2. The number of hydrogen-bond donors (Lipinski definition) is 0. The fourth-order valence-electron chi connectivity index (χ4n) is 1.21. The molecule has 0 spiro atoms. The van der Waals surface area contributed by atoms with Crippen LogP contribution in [-0.2, 0) is 4.74 Å². The van der Waals surface area contributed by atoms with E-state index in [0.717, 1.165) is 14.2 Å². The number of hydrogen-bond acceptors (Lipinski definition) is 6. The Morgan fingerprint density at radius 1 is 1.50 bits per heavy atom. The van der Waals surface area contributed by atoms with Crippen LogP contribution in [0.1, 0.15) is 22.5 Å². The number of nitro groups is 1. The van der Waals surface area contributed by atoms with Crippen LogP contribution >= 0.6 is 0 Å². The van der Waals surface area contributed by atoms with Gasteiger partial charge in [0.25, 0.3) is 6.43 Å². The van der Waals surface area contributed by atoms with E-state index in [1.807, 2.05) is 0 Å². The van der Waals surface area contributed by atoms with E-state index < -0.39 is 34.4 Å². The third-order valence-electron chi connectivity index (χ3n) is 2.00. The average molecular weight is 262 g/mol. The van der Waals surface area contributed by atoms with Gasteiger partial charge in [-0.15, -0.1) is 0 Å². The van der Waals surface area contributed by atoms with Gasteiger partial charge < -0.3 is 19.6 Å². The lowest BCUT2D eigenvalue weighted by atomic mass is 10.2. The molecule has 1 heterocycles. The predicted octanol–water partition coefficient (Wildman–Crippen LogP) is 1.72. The lowest BCUT2D eigenvalue weighted by Crippen LogP contribution is -2.10. The van der Waals surface area contributed by atoms with Gasteiger partial charge in [-0.25, -0.2) is 13.6 Å². The summed E-state index contributed by atoms with van der Waals surface area (Å²) in [6, 6.07) is 0.696. The van der Waals surface area contributed by atoms with Crippen LogP contribution in [0.5, 0.6) is 5.75 Å². The van der Waals surface area contributed by atoms with Crippen molar-refractivity contribution in [1.82, 2.24) is 4.98 Å². The van der Waals surface area contributed by atoms with E-state index in [-0.39, 0.29) is 5.75 Å². The Balaban J connectivity index is 3.51. The van der Waals surface area contributed by atoms with Gasteiger partial charge in [0.05, 0.1) is 14.2 Å². The van der Waals surface area contributed by atoms with Crippen LogP contribution in [0.4, 0.5) is 14.6 Å². The molecule has 0 unspecified atom stereocenters. The topological polar surface area (TPSA) is 91.6 Å². The minimum atomic E-state index is -3.11. The molecule has 0 radical (unpaired) electrons. The molecule has 0 aliphatic heterocycles. The van der Waals surface area contributed by atoms with E-state index in [4.69, 9.17) is 0 Å². The van der Waals surface area contributed by atoms with Crippen LogP contribution in [-0.4, -0.2) is 30.1 Å². The highest BCUT2D eigenvalue weighted by molar-refractivity contribution is 5.90. The molecule has 7 nitrogen and oxygen atoms in total. The number of methoxy groups -OCH3 is 2. The highest BCUT2D eigenvalue weighted by atomic mass is 19.3. The first-order valence-corrected chi connectivity index (χ1v) is 4.52. The summed E-state index contributed by atoms with van der Waals surface area (Å²) in [5.74, 6) is -2.44. The number of aromatic nitrogens is 1. The molecule has 0 aliphatic carbocycles. The molecule has 0 fully saturated rings. The molecule has 0 N–H and O–H groups in total. The lowest BCUT2D eigenvalue weighted by Gasteiger charge is -2.06. The van der Waals surface area contributed by atoms with Gasteiger partial charge in [0.2, 0.25) is 0 Å². The molecular weight excluding hydrogens is 254 g/mol. The van der Waals surface area contributed by atoms with Gasteiger partial charge in [0, 0.05) is 6.07 Å². The molecule has 0 amide bonds. The second-order valence-corrected chi connectivity index (χ2v) is 3.00. The molecule has 1 aromatic rings. The van der Waals surface area contributed by atoms with E-state index in [2.05, 4.69) is 14.5 Å². The van der Waals surface area contributed by atoms with Crippen molar-refractivity contribution in [3.63, 3.8) is 0 Å². The zero-order chi connectivity index (χ0) is 13.9. The van der Waals surface area contributed by atoms with Crippen molar-refractivity contribution in [3.05, 3.63) is 27.4 Å². The van der Waals surface area contributed by atoms with Gasteiger partial charge in [-0.05, 0) is 9.91 Å². The normalized spacial score (nSPS) is 10.3. The van der Waals surface area contributed by atoms with Crippen molar-refractivity contribution in [2.24, 2.45) is 0 Å². The summed E-state index contributed by atoms with van der Waals surface area (Å²) in [7, 11) is 2.14. The Bertz CT molecular complexity index is 492. The molecule has 0 saturated carbocycles. The number of carbonyl (C=O) groups is 1. The molecule has 0 aliphatic rings. The van der Waals surface area contributed by atoms with E-state index in [1.54, 1.807) is 0 Å². The maximum Gasteiger partial charge on any atom is 0.386 e. The molecular formula is C9H8F2N2O5. The third kappa shape index (κ3) is 2.50. The van der Waals surface area contributed by atoms with Crippen molar-refractivity contribution in [2.75, 3.05) is 14.2 Å². The number of ether oxygens (including phenoxy) is 2. The zero-order valence-corrected chi connectivity index (χ0v) is 9.35. The van der Waals surface area contributed by atoms with Crippen LogP contribution in [0.2, 0.25) is 0 Å². The SMILES string of the molecule is COC(=O)c1nc([N+](=O)[O-])c(C(F)F)cc1OC. The molecule has 9 heteroatoms. The lowest BCUT2D eigenvalue weighted by molar-refractivity contribution is -0.391. The largest absolute Gasteiger partial charge is 0.492 e. The molecule has 1 rings (SSSR count). The van der Waals surface area contributed by atoms with Gasteiger partial charge >= 0.3 is 17.5 Å². The summed E-state index contributed by atoms with van der Waals surface area (Å²) in [5, 5.41) is 10.6. The van der Waals surface area contributed by atoms with Crippen molar-refractivity contribution in [1.29, 1.82) is 0 Å². The standard InChI is InChI=1S/C9H8F2N2O5/c1-17-5-3-4(7(10)11)8(13(15)16)12-6(5)9(14)18-2/h3,7H,1-2H3. The number of carbonyl (C=O) groups excluding carboxylic acids is 1. The number of nitrogens with zero attached hydrogens (tertiary/aromatic N) is 2. The van der Waals surface area contributed by atoms with Crippen molar-refractivity contribution >= 4 is 11.8 Å².